The molecule has 2 aliphatic rings. The van der Waals surface area contributed by atoms with Gasteiger partial charge >= 0.3 is 0 Å². The molecule has 0 bridgehead atoms. The summed E-state index contributed by atoms with van der Waals surface area (Å²) in [5.41, 5.74) is 0.737. The van der Waals surface area contributed by atoms with Crippen molar-refractivity contribution in [1.29, 1.82) is 0 Å². The molecule has 0 amide bonds. The molecular weight excluding hydrogens is 300 g/mol. The molecule has 0 saturated carbocycles. The molecule has 0 aromatic heterocycles. The van der Waals surface area contributed by atoms with Gasteiger partial charge in [-0.3, -0.25) is 0 Å². The molecule has 2 rings (SSSR count). The van der Waals surface area contributed by atoms with E-state index in [9.17, 15) is 10.2 Å². The highest BCUT2D eigenvalue weighted by Gasteiger charge is 2.30. The minimum atomic E-state index is -0.237. The largest absolute Gasteiger partial charge is 0.512 e. The predicted octanol–water partition coefficient (Wildman–Crippen LogP) is 3.84. The predicted molar refractivity (Wildman–Crippen MR) is 83.8 cm³/mol. The van der Waals surface area contributed by atoms with E-state index in [1.54, 1.807) is 26.0 Å². The Bertz CT molecular complexity index is 648. The average Bonchev–Trinajstić information content (AvgIpc) is 3.14. The summed E-state index contributed by atoms with van der Waals surface area (Å²) in [5, 5.41) is 20.1. The molecule has 2 aliphatic heterocycles. The minimum absolute atomic E-state index is 0.0165. The van der Waals surface area contributed by atoms with Gasteiger partial charge in [0.2, 0.25) is 13.6 Å². The number of aliphatic hydroxyl groups is 2. The van der Waals surface area contributed by atoms with E-state index >= 15 is 0 Å². The van der Waals surface area contributed by atoms with Crippen molar-refractivity contribution in [1.82, 2.24) is 0 Å². The fraction of sp³-hybridized carbons (Fsp3) is 0.294. The van der Waals surface area contributed by atoms with E-state index in [4.69, 9.17) is 18.9 Å². The molecule has 0 aliphatic carbocycles. The van der Waals surface area contributed by atoms with Gasteiger partial charge in [0, 0.05) is 12.0 Å². The monoisotopic (exact) mass is 320 g/mol. The van der Waals surface area contributed by atoms with Crippen LogP contribution in [0.25, 0.3) is 0 Å². The van der Waals surface area contributed by atoms with Gasteiger partial charge in [0.1, 0.15) is 5.76 Å². The summed E-state index contributed by atoms with van der Waals surface area (Å²) in [4.78, 5) is 0. The lowest BCUT2D eigenvalue weighted by molar-refractivity contribution is 0.0953. The van der Waals surface area contributed by atoms with Crippen LogP contribution in [0.5, 0.6) is 0 Å². The maximum Gasteiger partial charge on any atom is 0.231 e. The highest BCUT2D eigenvalue weighted by molar-refractivity contribution is 5.53. The van der Waals surface area contributed by atoms with Crippen molar-refractivity contribution < 1.29 is 29.2 Å². The zero-order valence-corrected chi connectivity index (χ0v) is 13.2. The van der Waals surface area contributed by atoms with Crippen LogP contribution < -0.4 is 0 Å². The first kappa shape index (κ1) is 16.6. The van der Waals surface area contributed by atoms with Gasteiger partial charge in [-0.2, -0.15) is 0 Å². The second kappa shape index (κ2) is 7.00. The van der Waals surface area contributed by atoms with Gasteiger partial charge in [-0.15, -0.1) is 0 Å². The molecule has 0 unspecified atom stereocenters. The van der Waals surface area contributed by atoms with Gasteiger partial charge < -0.3 is 29.2 Å². The van der Waals surface area contributed by atoms with Gasteiger partial charge in [-0.05, 0) is 26.0 Å². The van der Waals surface area contributed by atoms with E-state index < -0.39 is 0 Å². The molecule has 0 spiro atoms. The van der Waals surface area contributed by atoms with E-state index in [0.717, 1.165) is 0 Å². The summed E-state index contributed by atoms with van der Waals surface area (Å²) in [6.45, 7) is 10.9. The summed E-state index contributed by atoms with van der Waals surface area (Å²) in [7, 11) is 0. The van der Waals surface area contributed by atoms with Crippen molar-refractivity contribution in [3.8, 4) is 0 Å². The van der Waals surface area contributed by atoms with Crippen LogP contribution in [0.4, 0.5) is 0 Å². The van der Waals surface area contributed by atoms with E-state index in [1.807, 2.05) is 0 Å². The Morgan fingerprint density at radius 1 is 1.09 bits per heavy atom. The van der Waals surface area contributed by atoms with Crippen LogP contribution >= 0.6 is 0 Å². The van der Waals surface area contributed by atoms with Crippen LogP contribution in [0.3, 0.4) is 0 Å². The number of ether oxygens (including phenoxy) is 4. The molecule has 124 valence electrons. The molecule has 6 nitrogen and oxygen atoms in total. The van der Waals surface area contributed by atoms with Crippen LogP contribution in [0, 0.1) is 0 Å². The van der Waals surface area contributed by atoms with Gasteiger partial charge in [0.05, 0.1) is 11.3 Å². The molecule has 0 atom stereocenters. The van der Waals surface area contributed by atoms with Crippen molar-refractivity contribution in [2.24, 2.45) is 0 Å². The van der Waals surface area contributed by atoms with Gasteiger partial charge in [0.15, 0.2) is 23.0 Å². The van der Waals surface area contributed by atoms with E-state index in [1.165, 1.54) is 0 Å². The van der Waals surface area contributed by atoms with Gasteiger partial charge in [-0.25, -0.2) is 0 Å². The maximum atomic E-state index is 10.1. The number of aliphatic hydroxyl groups excluding tert-OH is 2. The molecule has 2 saturated heterocycles. The van der Waals surface area contributed by atoms with Crippen molar-refractivity contribution >= 4 is 0 Å². The summed E-state index contributed by atoms with van der Waals surface area (Å²) in [5.74, 6) is 1.30. The summed E-state index contributed by atoms with van der Waals surface area (Å²) in [6, 6.07) is 0. The van der Waals surface area contributed by atoms with E-state index in [0.29, 0.717) is 28.6 Å². The zero-order chi connectivity index (χ0) is 17.0. The second-order valence-corrected chi connectivity index (χ2v) is 4.80. The highest BCUT2D eigenvalue weighted by atomic mass is 16.7. The van der Waals surface area contributed by atoms with Gasteiger partial charge in [0.25, 0.3) is 0 Å². The maximum absolute atomic E-state index is 10.1. The topological polar surface area (TPSA) is 77.4 Å². The van der Waals surface area contributed by atoms with Crippen molar-refractivity contribution in [3.05, 3.63) is 71.0 Å². The fourth-order valence-corrected chi connectivity index (χ4v) is 2.27. The standard InChI is InChI=1S/C17H20O6/c1-5-12(19)7-13(16-11(4)20-8-22-16)15(10(3)18)17-14(6-2)21-9-23-17/h5-6,18-19H,3-4,7-9H2,1-2H3/b12-5+,14-6+,16-13-,17-15-. The Labute approximate surface area is 134 Å². The lowest BCUT2D eigenvalue weighted by atomic mass is 9.96. The van der Waals surface area contributed by atoms with E-state index in [2.05, 4.69) is 13.2 Å². The van der Waals surface area contributed by atoms with Crippen molar-refractivity contribution in [2.75, 3.05) is 13.6 Å². The van der Waals surface area contributed by atoms with Crippen molar-refractivity contribution in [3.63, 3.8) is 0 Å². The SMILES string of the molecule is C=C1OCO\C1=C(C/C(O)=C\C)/C(C(=C)O)=C1\OCO\C1=C\C. The fourth-order valence-electron chi connectivity index (χ4n) is 2.27. The summed E-state index contributed by atoms with van der Waals surface area (Å²) in [6.07, 6.45) is 3.35. The molecule has 0 aromatic carbocycles. The first-order valence-corrected chi connectivity index (χ1v) is 7.06. The molecule has 0 aromatic rings. The first-order chi connectivity index (χ1) is 11.0. The number of allylic oxidation sites excluding steroid dienone is 4. The Kier molecular flexibility index (Phi) is 5.05. The lowest BCUT2D eigenvalue weighted by Gasteiger charge is -2.15. The Morgan fingerprint density at radius 2 is 1.74 bits per heavy atom. The molecule has 6 heteroatoms. The van der Waals surface area contributed by atoms with Crippen LogP contribution in [0.1, 0.15) is 20.3 Å². The average molecular weight is 320 g/mol. The van der Waals surface area contributed by atoms with Gasteiger partial charge in [-0.1, -0.05) is 13.2 Å². The molecule has 2 N–H and O–H groups in total. The van der Waals surface area contributed by atoms with Crippen LogP contribution in [0.15, 0.2) is 71.0 Å². The molecule has 2 fully saturated rings. The molecular formula is C17H20O6. The van der Waals surface area contributed by atoms with Crippen LogP contribution in [0.2, 0.25) is 0 Å². The molecule has 2 heterocycles. The third-order valence-corrected chi connectivity index (χ3v) is 3.38. The Morgan fingerprint density at radius 3 is 2.26 bits per heavy atom. The highest BCUT2D eigenvalue weighted by Crippen LogP contribution is 2.38. The zero-order valence-electron chi connectivity index (χ0n) is 13.2. The molecule has 23 heavy (non-hydrogen) atoms. The lowest BCUT2D eigenvalue weighted by Crippen LogP contribution is -2.05. The summed E-state index contributed by atoms with van der Waals surface area (Å²) >= 11 is 0. The second-order valence-electron chi connectivity index (χ2n) is 4.80. The number of hydrogen-bond donors (Lipinski definition) is 2. The van der Waals surface area contributed by atoms with Crippen LogP contribution in [-0.4, -0.2) is 23.8 Å². The minimum Gasteiger partial charge on any atom is -0.512 e. The third-order valence-electron chi connectivity index (χ3n) is 3.38. The first-order valence-electron chi connectivity index (χ1n) is 7.06. The van der Waals surface area contributed by atoms with Crippen molar-refractivity contribution in [2.45, 2.75) is 20.3 Å². The third kappa shape index (κ3) is 3.36. The molecule has 0 radical (unpaired) electrons. The number of hydrogen-bond acceptors (Lipinski definition) is 6. The van der Waals surface area contributed by atoms with Crippen LogP contribution in [-0.2, 0) is 18.9 Å². The smallest absolute Gasteiger partial charge is 0.231 e. The quantitative estimate of drug-likeness (QED) is 0.766. The van der Waals surface area contributed by atoms with E-state index in [-0.39, 0.29) is 37.1 Å². The normalized spacial score (nSPS) is 23.8. The Balaban J connectivity index is 2.66. The number of rotatable bonds is 4. The Hall–Kier alpha value is -2.76. The summed E-state index contributed by atoms with van der Waals surface area (Å²) < 4.78 is 21.5.